The maximum atomic E-state index is 12.9. The van der Waals surface area contributed by atoms with Crippen molar-refractivity contribution in [3.8, 4) is 0 Å². The van der Waals surface area contributed by atoms with Crippen LogP contribution >= 0.6 is 0 Å². The van der Waals surface area contributed by atoms with Crippen molar-refractivity contribution >= 4 is 21.9 Å². The van der Waals surface area contributed by atoms with Gasteiger partial charge in [-0.05, 0) is 50.3 Å². The van der Waals surface area contributed by atoms with Crippen molar-refractivity contribution in [1.29, 1.82) is 0 Å². The predicted molar refractivity (Wildman–Crippen MR) is 116 cm³/mol. The second-order valence-electron chi connectivity index (χ2n) is 7.87. The number of hydrogen-bond donors (Lipinski definition) is 1. The summed E-state index contributed by atoms with van der Waals surface area (Å²) in [6.45, 7) is 8.01. The molecule has 168 valence electrons. The number of benzene rings is 1. The number of esters is 1. The van der Waals surface area contributed by atoms with E-state index in [9.17, 15) is 18.0 Å². The van der Waals surface area contributed by atoms with Crippen LogP contribution in [0.5, 0.6) is 0 Å². The molecule has 8 heteroatoms. The van der Waals surface area contributed by atoms with Gasteiger partial charge in [-0.25, -0.2) is 13.2 Å². The van der Waals surface area contributed by atoms with Crippen molar-refractivity contribution in [2.24, 2.45) is 5.92 Å². The molecule has 0 spiro atoms. The summed E-state index contributed by atoms with van der Waals surface area (Å²) in [6, 6.07) is 4.43. The highest BCUT2D eigenvalue weighted by atomic mass is 32.2. The average Bonchev–Trinajstić information content (AvgIpc) is 2.73. The topological polar surface area (TPSA) is 92.8 Å². The van der Waals surface area contributed by atoms with Crippen LogP contribution in [-0.4, -0.2) is 50.3 Å². The first-order chi connectivity index (χ1) is 14.2. The third-order valence-corrected chi connectivity index (χ3v) is 7.88. The van der Waals surface area contributed by atoms with Crippen LogP contribution < -0.4 is 5.32 Å². The molecule has 1 fully saturated rings. The summed E-state index contributed by atoms with van der Waals surface area (Å²) < 4.78 is 32.4. The van der Waals surface area contributed by atoms with Gasteiger partial charge in [0, 0.05) is 19.6 Å². The first-order valence-corrected chi connectivity index (χ1v) is 12.2. The Kier molecular flexibility index (Phi) is 8.85. The molecular formula is C22H34N2O5S. The van der Waals surface area contributed by atoms with Gasteiger partial charge in [0.05, 0.1) is 10.5 Å². The Morgan fingerprint density at radius 2 is 1.80 bits per heavy atom. The quantitative estimate of drug-likeness (QED) is 0.598. The SMILES string of the molecule is CCN(CC)S(=O)(=O)c1cc(C(=O)O[C@@H](C)C(=O)NCC2CCCCC2)ccc1C. The van der Waals surface area contributed by atoms with E-state index in [1.165, 1.54) is 42.6 Å². The lowest BCUT2D eigenvalue weighted by Gasteiger charge is -2.22. The Balaban J connectivity index is 2.05. The number of nitrogens with zero attached hydrogens (tertiary/aromatic N) is 1. The Labute approximate surface area is 180 Å². The molecule has 2 rings (SSSR count). The molecule has 0 heterocycles. The fourth-order valence-electron chi connectivity index (χ4n) is 3.77. The summed E-state index contributed by atoms with van der Waals surface area (Å²) in [7, 11) is -3.71. The van der Waals surface area contributed by atoms with Gasteiger partial charge >= 0.3 is 5.97 Å². The number of rotatable bonds is 9. The number of aryl methyl sites for hydroxylation is 1. The van der Waals surface area contributed by atoms with E-state index in [-0.39, 0.29) is 16.4 Å². The van der Waals surface area contributed by atoms with Crippen molar-refractivity contribution in [3.05, 3.63) is 29.3 Å². The molecule has 7 nitrogen and oxygen atoms in total. The second kappa shape index (κ2) is 10.9. The number of hydrogen-bond acceptors (Lipinski definition) is 5. The van der Waals surface area contributed by atoms with E-state index in [1.807, 2.05) is 0 Å². The molecule has 1 N–H and O–H groups in total. The minimum absolute atomic E-state index is 0.0788. The van der Waals surface area contributed by atoms with E-state index in [0.29, 0.717) is 31.1 Å². The van der Waals surface area contributed by atoms with Crippen molar-refractivity contribution in [2.45, 2.75) is 70.8 Å². The summed E-state index contributed by atoms with van der Waals surface area (Å²) in [5.74, 6) is -0.570. The molecule has 0 radical (unpaired) electrons. The predicted octanol–water partition coefficient (Wildman–Crippen LogP) is 3.27. The maximum absolute atomic E-state index is 12.9. The molecule has 1 amide bonds. The van der Waals surface area contributed by atoms with Crippen LogP contribution in [0.4, 0.5) is 0 Å². The number of carbonyl (C=O) groups is 2. The molecule has 0 aliphatic heterocycles. The van der Waals surface area contributed by atoms with Crippen molar-refractivity contribution in [1.82, 2.24) is 9.62 Å². The third kappa shape index (κ3) is 6.04. The van der Waals surface area contributed by atoms with E-state index in [2.05, 4.69) is 5.32 Å². The highest BCUT2D eigenvalue weighted by molar-refractivity contribution is 7.89. The monoisotopic (exact) mass is 438 g/mol. The van der Waals surface area contributed by atoms with E-state index >= 15 is 0 Å². The number of carbonyl (C=O) groups excluding carboxylic acids is 2. The van der Waals surface area contributed by atoms with Crippen molar-refractivity contribution in [3.63, 3.8) is 0 Å². The number of amides is 1. The van der Waals surface area contributed by atoms with Gasteiger partial charge in [-0.1, -0.05) is 39.2 Å². The summed E-state index contributed by atoms with van der Waals surface area (Å²) in [6.07, 6.45) is 4.91. The molecule has 1 aliphatic carbocycles. The summed E-state index contributed by atoms with van der Waals surface area (Å²) in [4.78, 5) is 24.9. The van der Waals surface area contributed by atoms with Gasteiger partial charge in [0.15, 0.2) is 6.10 Å². The van der Waals surface area contributed by atoms with Gasteiger partial charge < -0.3 is 10.1 Å². The second-order valence-corrected chi connectivity index (χ2v) is 9.77. The largest absolute Gasteiger partial charge is 0.449 e. The fraction of sp³-hybridized carbons (Fsp3) is 0.636. The van der Waals surface area contributed by atoms with Crippen molar-refractivity contribution < 1.29 is 22.7 Å². The standard InChI is InChI=1S/C22H34N2O5S/c1-5-24(6-2)30(27,28)20-14-19(13-12-16(20)3)22(26)29-17(4)21(25)23-15-18-10-8-7-9-11-18/h12-14,17-18H,5-11,15H2,1-4H3,(H,23,25)/t17-/m0/s1. The molecule has 1 aromatic carbocycles. The zero-order valence-electron chi connectivity index (χ0n) is 18.4. The van der Waals surface area contributed by atoms with E-state index < -0.39 is 22.1 Å². The molecule has 0 saturated heterocycles. The molecule has 0 unspecified atom stereocenters. The molecule has 1 aliphatic rings. The first kappa shape index (κ1) is 24.3. The third-order valence-electron chi connectivity index (χ3n) is 5.69. The molecular weight excluding hydrogens is 404 g/mol. The van der Waals surface area contributed by atoms with Crippen LogP contribution in [-0.2, 0) is 19.6 Å². The molecule has 1 aromatic rings. The lowest BCUT2D eigenvalue weighted by molar-refractivity contribution is -0.129. The Morgan fingerprint density at radius 3 is 2.40 bits per heavy atom. The molecule has 0 bridgehead atoms. The number of nitrogens with one attached hydrogen (secondary N) is 1. The average molecular weight is 439 g/mol. The molecule has 30 heavy (non-hydrogen) atoms. The van der Waals surface area contributed by atoms with Crippen LogP contribution in [0.3, 0.4) is 0 Å². The van der Waals surface area contributed by atoms with E-state index in [4.69, 9.17) is 4.74 Å². The Bertz CT molecular complexity index is 843. The summed E-state index contributed by atoms with van der Waals surface area (Å²) in [5.41, 5.74) is 0.662. The zero-order chi connectivity index (χ0) is 22.3. The Morgan fingerprint density at radius 1 is 1.17 bits per heavy atom. The summed E-state index contributed by atoms with van der Waals surface area (Å²) >= 11 is 0. The van der Waals surface area contributed by atoms with E-state index in [0.717, 1.165) is 12.8 Å². The van der Waals surface area contributed by atoms with E-state index in [1.54, 1.807) is 26.8 Å². The van der Waals surface area contributed by atoms with Crippen LogP contribution in [0, 0.1) is 12.8 Å². The van der Waals surface area contributed by atoms with Crippen LogP contribution in [0.1, 0.15) is 68.8 Å². The number of sulfonamides is 1. The highest BCUT2D eigenvalue weighted by Gasteiger charge is 2.26. The minimum Gasteiger partial charge on any atom is -0.449 e. The lowest BCUT2D eigenvalue weighted by Crippen LogP contribution is -2.38. The lowest BCUT2D eigenvalue weighted by atomic mass is 9.89. The van der Waals surface area contributed by atoms with Gasteiger partial charge in [-0.15, -0.1) is 0 Å². The highest BCUT2D eigenvalue weighted by Crippen LogP contribution is 2.23. The van der Waals surface area contributed by atoms with Gasteiger partial charge in [-0.2, -0.15) is 4.31 Å². The molecule has 0 aromatic heterocycles. The minimum atomic E-state index is -3.71. The number of ether oxygens (including phenoxy) is 1. The van der Waals surface area contributed by atoms with Gasteiger partial charge in [-0.3, -0.25) is 4.79 Å². The maximum Gasteiger partial charge on any atom is 0.338 e. The smallest absolute Gasteiger partial charge is 0.338 e. The summed E-state index contributed by atoms with van der Waals surface area (Å²) in [5, 5.41) is 2.87. The van der Waals surface area contributed by atoms with Crippen LogP contribution in [0.15, 0.2) is 23.1 Å². The normalized spacial score (nSPS) is 16.3. The fourth-order valence-corrected chi connectivity index (χ4v) is 5.48. The Hall–Kier alpha value is -1.93. The zero-order valence-corrected chi connectivity index (χ0v) is 19.3. The van der Waals surface area contributed by atoms with Gasteiger partial charge in [0.2, 0.25) is 10.0 Å². The molecule has 1 saturated carbocycles. The van der Waals surface area contributed by atoms with Crippen LogP contribution in [0.2, 0.25) is 0 Å². The first-order valence-electron chi connectivity index (χ1n) is 10.8. The van der Waals surface area contributed by atoms with Gasteiger partial charge in [0.25, 0.3) is 5.91 Å². The van der Waals surface area contributed by atoms with Crippen molar-refractivity contribution in [2.75, 3.05) is 19.6 Å². The van der Waals surface area contributed by atoms with Crippen LogP contribution in [0.25, 0.3) is 0 Å². The molecule has 1 atom stereocenters. The van der Waals surface area contributed by atoms with Gasteiger partial charge in [0.1, 0.15) is 0 Å².